The molecule has 0 spiro atoms. The van der Waals surface area contributed by atoms with Gasteiger partial charge in [0.25, 0.3) is 0 Å². The Labute approximate surface area is 200 Å². The van der Waals surface area contributed by atoms with Gasteiger partial charge in [-0.1, -0.05) is 30.3 Å². The Bertz CT molecular complexity index is 826. The molecule has 0 bridgehead atoms. The van der Waals surface area contributed by atoms with Gasteiger partial charge in [0.2, 0.25) is 17.8 Å². The fraction of sp³-hybridized carbons (Fsp3) is 0.571. The van der Waals surface area contributed by atoms with Gasteiger partial charge < -0.3 is 43.2 Å². The first kappa shape index (κ1) is 25.3. The summed E-state index contributed by atoms with van der Waals surface area (Å²) in [6.45, 7) is 2.32. The van der Waals surface area contributed by atoms with Crippen molar-refractivity contribution in [1.29, 1.82) is 0 Å². The first-order chi connectivity index (χ1) is 15.4. The molecular formula is C21H35ClN10O. The standard InChI is InChI=1S/C21H34N10O.ClH/c22-14-6-15(23)9-30(8-14)20-27-19(26-18(12-32)13-4-2-1-3-5-13)28-21(29-20)31-10-16(24)7-17(25)11-31;/h1-5,14-18,32H,6-12,22-25H2,(H,26,27,28,29);1H/t14-,15+,16-,17+,18-;/m0./s1. The number of aliphatic hydroxyl groups excluding tert-OH is 1. The van der Waals surface area contributed by atoms with E-state index in [1.807, 2.05) is 40.1 Å². The molecule has 4 rings (SSSR count). The summed E-state index contributed by atoms with van der Waals surface area (Å²) in [5, 5.41) is 13.3. The summed E-state index contributed by atoms with van der Waals surface area (Å²) in [6, 6.07) is 9.10. The Kier molecular flexibility index (Phi) is 8.63. The van der Waals surface area contributed by atoms with Crippen molar-refractivity contribution >= 4 is 30.3 Å². The van der Waals surface area contributed by atoms with Gasteiger partial charge in [-0.05, 0) is 18.4 Å². The van der Waals surface area contributed by atoms with Crippen molar-refractivity contribution in [2.75, 3.05) is 47.9 Å². The van der Waals surface area contributed by atoms with Crippen LogP contribution in [0.2, 0.25) is 0 Å². The van der Waals surface area contributed by atoms with E-state index in [1.165, 1.54) is 0 Å². The lowest BCUT2D eigenvalue weighted by molar-refractivity contribution is 0.276. The van der Waals surface area contributed by atoms with E-state index in [-0.39, 0.29) is 49.2 Å². The summed E-state index contributed by atoms with van der Waals surface area (Å²) < 4.78 is 0. The van der Waals surface area contributed by atoms with Crippen LogP contribution in [0.15, 0.2) is 30.3 Å². The highest BCUT2D eigenvalue weighted by Crippen LogP contribution is 2.24. The van der Waals surface area contributed by atoms with Crippen molar-refractivity contribution in [2.24, 2.45) is 22.9 Å². The van der Waals surface area contributed by atoms with Crippen molar-refractivity contribution in [2.45, 2.75) is 43.1 Å². The summed E-state index contributed by atoms with van der Waals surface area (Å²) in [6.07, 6.45) is 1.52. The van der Waals surface area contributed by atoms with Gasteiger partial charge in [0.15, 0.2) is 0 Å². The molecule has 12 heteroatoms. The van der Waals surface area contributed by atoms with Crippen molar-refractivity contribution in [3.05, 3.63) is 35.9 Å². The molecule has 0 amide bonds. The molecule has 11 nitrogen and oxygen atoms in total. The fourth-order valence-electron chi connectivity index (χ4n) is 4.46. The molecule has 5 atom stereocenters. The van der Waals surface area contributed by atoms with Crippen LogP contribution in [-0.2, 0) is 0 Å². The predicted octanol–water partition coefficient (Wildman–Crippen LogP) is -0.832. The number of aromatic nitrogens is 3. The number of nitrogens with zero attached hydrogens (tertiary/aromatic N) is 5. The fourth-order valence-corrected chi connectivity index (χ4v) is 4.46. The zero-order valence-electron chi connectivity index (χ0n) is 18.6. The smallest absolute Gasteiger partial charge is 0.232 e. The normalized spacial score (nSPS) is 26.5. The lowest BCUT2D eigenvalue weighted by atomic mass is 10.0. The van der Waals surface area contributed by atoms with Gasteiger partial charge in [0.1, 0.15) is 0 Å². The van der Waals surface area contributed by atoms with Gasteiger partial charge in [-0.15, -0.1) is 12.4 Å². The zero-order valence-corrected chi connectivity index (χ0v) is 19.4. The number of nitrogens with two attached hydrogens (primary N) is 4. The molecule has 2 aliphatic heterocycles. The van der Waals surface area contributed by atoms with E-state index in [9.17, 15) is 5.11 Å². The summed E-state index contributed by atoms with van der Waals surface area (Å²) >= 11 is 0. The minimum absolute atomic E-state index is 0. The zero-order chi connectivity index (χ0) is 22.7. The molecule has 0 saturated carbocycles. The molecule has 33 heavy (non-hydrogen) atoms. The topological polar surface area (TPSA) is 181 Å². The van der Waals surface area contributed by atoms with Crippen LogP contribution in [0.4, 0.5) is 17.8 Å². The SMILES string of the molecule is Cl.N[C@@H]1C[C@H](N)CN(c2nc(N[C@@H](CO)c3ccccc3)nc(N3C[C@H](N)C[C@H](N)C3)n2)C1. The van der Waals surface area contributed by atoms with Gasteiger partial charge in [-0.3, -0.25) is 0 Å². The molecule has 2 aromatic rings. The average Bonchev–Trinajstić information content (AvgIpc) is 2.76. The van der Waals surface area contributed by atoms with Gasteiger partial charge in [-0.25, -0.2) is 0 Å². The highest BCUT2D eigenvalue weighted by atomic mass is 35.5. The van der Waals surface area contributed by atoms with Gasteiger partial charge in [-0.2, -0.15) is 15.0 Å². The third-order valence-electron chi connectivity index (χ3n) is 5.90. The van der Waals surface area contributed by atoms with Crippen LogP contribution < -0.4 is 38.1 Å². The molecule has 182 valence electrons. The third kappa shape index (κ3) is 6.40. The summed E-state index contributed by atoms with van der Waals surface area (Å²) in [4.78, 5) is 18.0. The monoisotopic (exact) mass is 478 g/mol. The molecule has 0 aliphatic carbocycles. The van der Waals surface area contributed by atoms with Gasteiger partial charge in [0, 0.05) is 50.3 Å². The quantitative estimate of drug-likeness (QED) is 0.304. The maximum atomic E-state index is 10.00. The second-order valence-electron chi connectivity index (χ2n) is 8.87. The van der Waals surface area contributed by atoms with Crippen LogP contribution in [0.1, 0.15) is 24.4 Å². The second kappa shape index (κ2) is 11.2. The van der Waals surface area contributed by atoms with E-state index >= 15 is 0 Å². The number of piperidine rings is 2. The minimum atomic E-state index is -0.365. The molecule has 1 aromatic heterocycles. The molecule has 0 unspecified atom stereocenters. The molecule has 3 heterocycles. The first-order valence-electron chi connectivity index (χ1n) is 11.1. The van der Waals surface area contributed by atoms with E-state index in [0.717, 1.165) is 18.4 Å². The Hall–Kier alpha value is -2.28. The third-order valence-corrected chi connectivity index (χ3v) is 5.90. The molecule has 2 fully saturated rings. The Morgan fingerprint density at radius 3 is 1.70 bits per heavy atom. The van der Waals surface area contributed by atoms with Crippen molar-refractivity contribution < 1.29 is 5.11 Å². The van der Waals surface area contributed by atoms with Crippen LogP contribution in [0.3, 0.4) is 0 Å². The minimum Gasteiger partial charge on any atom is -0.394 e. The van der Waals surface area contributed by atoms with E-state index in [4.69, 9.17) is 27.9 Å². The van der Waals surface area contributed by atoms with E-state index in [2.05, 4.69) is 15.3 Å². The maximum absolute atomic E-state index is 10.00. The number of hydrogen-bond donors (Lipinski definition) is 6. The molecule has 1 aromatic carbocycles. The predicted molar refractivity (Wildman–Crippen MR) is 133 cm³/mol. The van der Waals surface area contributed by atoms with E-state index in [1.54, 1.807) is 0 Å². The number of nitrogens with one attached hydrogen (secondary N) is 1. The van der Waals surface area contributed by atoms with Crippen LogP contribution in [0.5, 0.6) is 0 Å². The number of rotatable bonds is 6. The largest absolute Gasteiger partial charge is 0.394 e. The Morgan fingerprint density at radius 2 is 1.27 bits per heavy atom. The van der Waals surface area contributed by atoms with Gasteiger partial charge in [0.05, 0.1) is 12.6 Å². The van der Waals surface area contributed by atoms with Crippen molar-refractivity contribution in [3.8, 4) is 0 Å². The number of benzene rings is 1. The number of halogens is 1. The molecule has 2 aliphatic rings. The molecule has 10 N–H and O–H groups in total. The van der Waals surface area contributed by atoms with Crippen molar-refractivity contribution in [3.63, 3.8) is 0 Å². The van der Waals surface area contributed by atoms with Crippen molar-refractivity contribution in [1.82, 2.24) is 15.0 Å². The second-order valence-corrected chi connectivity index (χ2v) is 8.87. The Morgan fingerprint density at radius 1 is 0.818 bits per heavy atom. The van der Waals surface area contributed by atoms with Gasteiger partial charge >= 0.3 is 0 Å². The highest BCUT2D eigenvalue weighted by Gasteiger charge is 2.29. The first-order valence-corrected chi connectivity index (χ1v) is 11.1. The number of anilines is 3. The van der Waals surface area contributed by atoms with E-state index < -0.39 is 0 Å². The molecule has 0 radical (unpaired) electrons. The molecule has 2 saturated heterocycles. The van der Waals surface area contributed by atoms with Crippen LogP contribution >= 0.6 is 12.4 Å². The molecular weight excluding hydrogens is 444 g/mol. The van der Waals surface area contributed by atoms with Crippen LogP contribution in [0, 0.1) is 0 Å². The Balaban J connectivity index is 0.00000306. The average molecular weight is 479 g/mol. The number of hydrogen-bond acceptors (Lipinski definition) is 11. The van der Waals surface area contributed by atoms with Crippen LogP contribution in [-0.4, -0.2) is 77.0 Å². The summed E-state index contributed by atoms with van der Waals surface area (Å²) in [5.74, 6) is 1.37. The van der Waals surface area contributed by atoms with Crippen LogP contribution in [0.25, 0.3) is 0 Å². The lowest BCUT2D eigenvalue weighted by Crippen LogP contribution is -2.54. The van der Waals surface area contributed by atoms with E-state index in [0.29, 0.717) is 44.0 Å². The number of aliphatic hydroxyl groups is 1. The summed E-state index contributed by atoms with van der Waals surface area (Å²) in [5.41, 5.74) is 25.7. The highest BCUT2D eigenvalue weighted by molar-refractivity contribution is 5.85. The lowest BCUT2D eigenvalue weighted by Gasteiger charge is -2.37. The maximum Gasteiger partial charge on any atom is 0.232 e. The summed E-state index contributed by atoms with van der Waals surface area (Å²) in [7, 11) is 0.